The highest BCUT2D eigenvalue weighted by molar-refractivity contribution is 5.94. The van der Waals surface area contributed by atoms with Crippen molar-refractivity contribution in [2.24, 2.45) is 0 Å². The van der Waals surface area contributed by atoms with Crippen LogP contribution in [0.5, 0.6) is 0 Å². The molecule has 0 saturated carbocycles. The molecule has 2 amide bonds. The lowest BCUT2D eigenvalue weighted by atomic mass is 10.1. The number of benzene rings is 1. The van der Waals surface area contributed by atoms with Gasteiger partial charge in [0.25, 0.3) is 11.8 Å². The Kier molecular flexibility index (Phi) is 10.1. The van der Waals surface area contributed by atoms with Crippen molar-refractivity contribution in [2.45, 2.75) is 38.5 Å². The number of carbonyl (C=O) groups is 2. The quantitative estimate of drug-likeness (QED) is 0.630. The van der Waals surface area contributed by atoms with Gasteiger partial charge in [-0.05, 0) is 62.8 Å². The predicted octanol–water partition coefficient (Wildman–Crippen LogP) is 4.43. The zero-order valence-corrected chi connectivity index (χ0v) is 19.1. The summed E-state index contributed by atoms with van der Waals surface area (Å²) in [5.41, 5.74) is 1.57. The molecule has 0 atom stereocenters. The molecule has 0 bridgehead atoms. The monoisotopic (exact) mass is 447 g/mol. The first kappa shape index (κ1) is 24.2. The van der Waals surface area contributed by atoms with Crippen molar-refractivity contribution in [3.63, 3.8) is 0 Å². The molecule has 4 heterocycles. The lowest BCUT2D eigenvalue weighted by Crippen LogP contribution is -2.35. The van der Waals surface area contributed by atoms with Crippen LogP contribution in [0.4, 0.5) is 0 Å². The lowest BCUT2D eigenvalue weighted by molar-refractivity contribution is 0.0717. The van der Waals surface area contributed by atoms with Crippen molar-refractivity contribution in [1.82, 2.24) is 24.8 Å². The Hall–Kier alpha value is -3.48. The van der Waals surface area contributed by atoms with Crippen LogP contribution in [0.25, 0.3) is 0 Å². The van der Waals surface area contributed by atoms with Crippen LogP contribution in [0.3, 0.4) is 0 Å². The fourth-order valence-corrected chi connectivity index (χ4v) is 3.85. The van der Waals surface area contributed by atoms with Crippen LogP contribution in [0, 0.1) is 0 Å². The lowest BCUT2D eigenvalue weighted by Gasteiger charge is -2.26. The molecular weight excluding hydrogens is 414 g/mol. The smallest absolute Gasteiger partial charge is 0.253 e. The summed E-state index contributed by atoms with van der Waals surface area (Å²) in [6, 6.07) is 13.1. The van der Waals surface area contributed by atoms with Gasteiger partial charge in [-0.15, -0.1) is 0 Å². The molecule has 1 N–H and O–H groups in total. The van der Waals surface area contributed by atoms with E-state index in [0.717, 1.165) is 63.0 Å². The van der Waals surface area contributed by atoms with Crippen LogP contribution in [-0.2, 0) is 0 Å². The summed E-state index contributed by atoms with van der Waals surface area (Å²) < 4.78 is 0. The molecule has 0 aliphatic carbocycles. The Morgan fingerprint density at radius 3 is 1.58 bits per heavy atom. The molecule has 2 fully saturated rings. The van der Waals surface area contributed by atoms with Crippen molar-refractivity contribution < 1.29 is 9.59 Å². The Balaban J connectivity index is 0.000000154. The molecule has 7 nitrogen and oxygen atoms in total. The number of hydrogen-bond donors (Lipinski definition) is 1. The van der Waals surface area contributed by atoms with Gasteiger partial charge in [0.15, 0.2) is 0 Å². The van der Waals surface area contributed by atoms with Crippen molar-refractivity contribution in [3.8, 4) is 0 Å². The van der Waals surface area contributed by atoms with E-state index in [-0.39, 0.29) is 11.8 Å². The topological polar surface area (TPSA) is 82.2 Å². The zero-order valence-electron chi connectivity index (χ0n) is 19.1. The average Bonchev–Trinajstić information content (AvgIpc) is 3.51. The Labute approximate surface area is 195 Å². The van der Waals surface area contributed by atoms with Crippen molar-refractivity contribution in [3.05, 3.63) is 84.7 Å². The number of nitrogens with zero attached hydrogens (tertiary/aromatic N) is 4. The van der Waals surface area contributed by atoms with E-state index in [0.29, 0.717) is 0 Å². The third kappa shape index (κ3) is 8.18. The van der Waals surface area contributed by atoms with Gasteiger partial charge < -0.3 is 14.8 Å². The highest BCUT2D eigenvalue weighted by Gasteiger charge is 2.18. The minimum atomic E-state index is 0.145. The van der Waals surface area contributed by atoms with E-state index in [1.807, 2.05) is 40.1 Å². The summed E-state index contributed by atoms with van der Waals surface area (Å²) in [7, 11) is 0. The van der Waals surface area contributed by atoms with Gasteiger partial charge in [-0.1, -0.05) is 18.2 Å². The molecule has 0 radical (unpaired) electrons. The zero-order chi connectivity index (χ0) is 23.1. The number of aromatic nitrogens is 3. The van der Waals surface area contributed by atoms with Crippen LogP contribution in [0.2, 0.25) is 0 Å². The molecule has 33 heavy (non-hydrogen) atoms. The summed E-state index contributed by atoms with van der Waals surface area (Å²) >= 11 is 0. The molecule has 2 aromatic heterocycles. The fraction of sp³-hybridized carbons (Fsp3) is 0.385. The Bertz CT molecular complexity index is 837. The average molecular weight is 448 g/mol. The van der Waals surface area contributed by atoms with Crippen LogP contribution in [0.1, 0.15) is 59.2 Å². The first-order valence-corrected chi connectivity index (χ1v) is 11.7. The van der Waals surface area contributed by atoms with E-state index < -0.39 is 0 Å². The summed E-state index contributed by atoms with van der Waals surface area (Å²) in [5.74, 6) is 0.331. The second kappa shape index (κ2) is 13.8. The molecule has 2 saturated heterocycles. The number of aromatic amines is 1. The number of pyridine rings is 1. The molecular formula is C26H33N5O2. The number of nitrogens with one attached hydrogen (secondary N) is 1. The minimum absolute atomic E-state index is 0.145. The van der Waals surface area contributed by atoms with Crippen molar-refractivity contribution in [1.29, 1.82) is 0 Å². The minimum Gasteiger partial charge on any atom is -0.351 e. The first-order chi connectivity index (χ1) is 16.3. The van der Waals surface area contributed by atoms with Crippen molar-refractivity contribution >= 4 is 11.8 Å². The SMILES string of the molecule is O=C(c1ccccc1)N1CCCCC1.O=C(c1ccncc1)N1CCCCC1.c1c[nH]cn1. The Morgan fingerprint density at radius 1 is 0.636 bits per heavy atom. The van der Waals surface area contributed by atoms with Crippen LogP contribution in [-0.4, -0.2) is 62.7 Å². The Morgan fingerprint density at radius 2 is 1.15 bits per heavy atom. The molecule has 5 rings (SSSR count). The third-order valence-corrected chi connectivity index (χ3v) is 5.64. The number of imidazole rings is 1. The highest BCUT2D eigenvalue weighted by atomic mass is 16.2. The van der Waals surface area contributed by atoms with Gasteiger partial charge in [0.05, 0.1) is 6.33 Å². The number of rotatable bonds is 2. The fourth-order valence-electron chi connectivity index (χ4n) is 3.85. The van der Waals surface area contributed by atoms with E-state index in [1.54, 1.807) is 43.2 Å². The maximum atomic E-state index is 11.9. The van der Waals surface area contributed by atoms with Gasteiger partial charge in [-0.2, -0.15) is 0 Å². The molecule has 7 heteroatoms. The van der Waals surface area contributed by atoms with E-state index in [9.17, 15) is 9.59 Å². The molecule has 3 aromatic rings. The number of piperidine rings is 2. The van der Waals surface area contributed by atoms with Gasteiger partial charge in [0.2, 0.25) is 0 Å². The summed E-state index contributed by atoms with van der Waals surface area (Å²) in [6.45, 7) is 3.66. The molecule has 174 valence electrons. The number of carbonyl (C=O) groups excluding carboxylic acids is 2. The van der Waals surface area contributed by atoms with Gasteiger partial charge in [-0.3, -0.25) is 14.6 Å². The number of H-pyrrole nitrogens is 1. The van der Waals surface area contributed by atoms with E-state index >= 15 is 0 Å². The van der Waals surface area contributed by atoms with E-state index in [2.05, 4.69) is 15.0 Å². The predicted molar refractivity (Wildman–Crippen MR) is 129 cm³/mol. The maximum Gasteiger partial charge on any atom is 0.253 e. The number of hydrogen-bond acceptors (Lipinski definition) is 4. The summed E-state index contributed by atoms with van der Waals surface area (Å²) in [5, 5.41) is 0. The normalized spacial score (nSPS) is 15.4. The van der Waals surface area contributed by atoms with E-state index in [4.69, 9.17) is 0 Å². The molecule has 0 unspecified atom stereocenters. The number of amides is 2. The van der Waals surface area contributed by atoms with Gasteiger partial charge >= 0.3 is 0 Å². The van der Waals surface area contributed by atoms with Gasteiger partial charge in [0.1, 0.15) is 0 Å². The first-order valence-electron chi connectivity index (χ1n) is 11.7. The van der Waals surface area contributed by atoms with E-state index in [1.165, 1.54) is 12.8 Å². The second-order valence-electron chi connectivity index (χ2n) is 8.07. The number of likely N-dealkylation sites (tertiary alicyclic amines) is 2. The summed E-state index contributed by atoms with van der Waals surface area (Å²) in [6.07, 6.45) is 15.5. The second-order valence-corrected chi connectivity index (χ2v) is 8.07. The van der Waals surface area contributed by atoms with Gasteiger partial charge in [0, 0.05) is 62.1 Å². The third-order valence-electron chi connectivity index (χ3n) is 5.64. The molecule has 2 aliphatic heterocycles. The standard InChI is InChI=1S/C12H15NO.C11H14N2O.C3H4N2/c14-12(11-7-3-1-4-8-11)13-9-5-2-6-10-13;14-11(10-4-6-12-7-5-10)13-8-2-1-3-9-13;1-2-5-3-4-1/h1,3-4,7-8H,2,5-6,9-10H2;4-7H,1-3,8-9H2;1-3H,(H,4,5). The van der Waals surface area contributed by atoms with Crippen LogP contribution in [0.15, 0.2) is 73.6 Å². The summed E-state index contributed by atoms with van der Waals surface area (Å²) in [4.78, 5) is 38.0. The molecule has 2 aliphatic rings. The molecule has 0 spiro atoms. The van der Waals surface area contributed by atoms with Crippen LogP contribution < -0.4 is 0 Å². The maximum absolute atomic E-state index is 11.9. The molecule has 1 aromatic carbocycles. The van der Waals surface area contributed by atoms with Crippen LogP contribution >= 0.6 is 0 Å². The van der Waals surface area contributed by atoms with Crippen molar-refractivity contribution in [2.75, 3.05) is 26.2 Å². The largest absolute Gasteiger partial charge is 0.351 e. The highest BCUT2D eigenvalue weighted by Crippen LogP contribution is 2.13. The van der Waals surface area contributed by atoms with Gasteiger partial charge in [-0.25, -0.2) is 4.98 Å².